The highest BCUT2D eigenvalue weighted by molar-refractivity contribution is 5.78. The molecule has 1 aliphatic carbocycles. The number of nitrogens with one attached hydrogen (secondary N) is 2. The number of carbonyl (C=O) groups excluding carboxylic acids is 1. The summed E-state index contributed by atoms with van der Waals surface area (Å²) in [6, 6.07) is 0.384. The first kappa shape index (κ1) is 13.5. The summed E-state index contributed by atoms with van der Waals surface area (Å²) in [5.41, 5.74) is 0. The predicted octanol–water partition coefficient (Wildman–Crippen LogP) is 0.652. The zero-order valence-corrected chi connectivity index (χ0v) is 10.3. The molecule has 0 radical (unpaired) electrons. The summed E-state index contributed by atoms with van der Waals surface area (Å²) in [7, 11) is 0. The van der Waals surface area contributed by atoms with Crippen LogP contribution >= 0.6 is 0 Å². The summed E-state index contributed by atoms with van der Waals surface area (Å²) in [4.78, 5) is 11.6. The molecule has 1 aliphatic rings. The van der Waals surface area contributed by atoms with Crippen molar-refractivity contribution in [1.29, 1.82) is 0 Å². The Balaban J connectivity index is 2.18. The molecule has 0 aromatic carbocycles. The van der Waals surface area contributed by atoms with Crippen LogP contribution in [0.1, 0.15) is 39.5 Å². The zero-order chi connectivity index (χ0) is 12.0. The Morgan fingerprint density at radius 3 is 2.50 bits per heavy atom. The van der Waals surface area contributed by atoms with Crippen molar-refractivity contribution >= 4 is 5.91 Å². The van der Waals surface area contributed by atoms with Crippen LogP contribution in [0.2, 0.25) is 0 Å². The maximum Gasteiger partial charge on any atom is 0.234 e. The lowest BCUT2D eigenvalue weighted by molar-refractivity contribution is -0.121. The van der Waals surface area contributed by atoms with Crippen LogP contribution in [0.15, 0.2) is 0 Å². The van der Waals surface area contributed by atoms with Crippen LogP contribution in [-0.2, 0) is 4.79 Å². The minimum absolute atomic E-state index is 0.00678. The number of amides is 1. The van der Waals surface area contributed by atoms with Crippen molar-refractivity contribution in [3.8, 4) is 0 Å². The molecule has 0 aromatic rings. The van der Waals surface area contributed by atoms with Gasteiger partial charge in [0.05, 0.1) is 19.2 Å². The lowest BCUT2D eigenvalue weighted by Gasteiger charge is -2.20. The van der Waals surface area contributed by atoms with Gasteiger partial charge in [-0.25, -0.2) is 0 Å². The first-order valence-corrected chi connectivity index (χ1v) is 6.27. The maximum absolute atomic E-state index is 11.6. The molecule has 1 amide bonds. The van der Waals surface area contributed by atoms with Gasteiger partial charge < -0.3 is 15.7 Å². The minimum atomic E-state index is -0.127. The Morgan fingerprint density at radius 2 is 2.00 bits per heavy atom. The highest BCUT2D eigenvalue weighted by atomic mass is 16.3. The fourth-order valence-corrected chi connectivity index (χ4v) is 2.05. The molecule has 1 fully saturated rings. The third kappa shape index (κ3) is 4.49. The second kappa shape index (κ2) is 6.86. The monoisotopic (exact) mass is 228 g/mol. The van der Waals surface area contributed by atoms with Crippen LogP contribution in [0.3, 0.4) is 0 Å². The molecule has 1 atom stereocenters. The molecular formula is C12H24N2O2. The van der Waals surface area contributed by atoms with Gasteiger partial charge in [-0.1, -0.05) is 26.7 Å². The number of aliphatic hydroxyl groups is 1. The number of carbonyl (C=O) groups is 1. The Kier molecular flexibility index (Phi) is 5.77. The van der Waals surface area contributed by atoms with Crippen molar-refractivity contribution < 1.29 is 9.90 Å². The third-order valence-electron chi connectivity index (χ3n) is 3.25. The SMILES string of the molecule is CC(C)C(CO)NC(=O)CNC1CCCC1. The summed E-state index contributed by atoms with van der Waals surface area (Å²) in [5, 5.41) is 15.2. The largest absolute Gasteiger partial charge is 0.394 e. The zero-order valence-electron chi connectivity index (χ0n) is 10.3. The Morgan fingerprint density at radius 1 is 1.38 bits per heavy atom. The van der Waals surface area contributed by atoms with E-state index in [0.717, 1.165) is 0 Å². The van der Waals surface area contributed by atoms with Crippen LogP contribution in [0.5, 0.6) is 0 Å². The lowest BCUT2D eigenvalue weighted by Crippen LogP contribution is -2.46. The van der Waals surface area contributed by atoms with E-state index in [4.69, 9.17) is 5.11 Å². The van der Waals surface area contributed by atoms with Crippen LogP contribution in [0.25, 0.3) is 0 Å². The van der Waals surface area contributed by atoms with Crippen molar-refractivity contribution in [2.45, 2.75) is 51.6 Å². The Labute approximate surface area is 97.8 Å². The second-order valence-electron chi connectivity index (χ2n) is 4.96. The highest BCUT2D eigenvalue weighted by Gasteiger charge is 2.17. The molecule has 3 N–H and O–H groups in total. The minimum Gasteiger partial charge on any atom is -0.394 e. The molecule has 4 heteroatoms. The lowest BCUT2D eigenvalue weighted by atomic mass is 10.1. The van der Waals surface area contributed by atoms with Gasteiger partial charge in [0, 0.05) is 6.04 Å². The molecule has 0 saturated heterocycles. The normalized spacial score (nSPS) is 19.0. The Bertz CT molecular complexity index is 213. The number of aliphatic hydroxyl groups excluding tert-OH is 1. The van der Waals surface area contributed by atoms with E-state index in [1.807, 2.05) is 13.8 Å². The number of hydrogen-bond acceptors (Lipinski definition) is 3. The van der Waals surface area contributed by atoms with Crippen molar-refractivity contribution in [2.75, 3.05) is 13.2 Å². The molecule has 0 bridgehead atoms. The first-order chi connectivity index (χ1) is 7.63. The topological polar surface area (TPSA) is 61.4 Å². The average molecular weight is 228 g/mol. The molecule has 1 saturated carbocycles. The van der Waals surface area contributed by atoms with Crippen molar-refractivity contribution in [1.82, 2.24) is 10.6 Å². The molecule has 16 heavy (non-hydrogen) atoms. The van der Waals surface area contributed by atoms with Gasteiger partial charge in [-0.3, -0.25) is 4.79 Å². The van der Waals surface area contributed by atoms with Crippen LogP contribution in [0, 0.1) is 5.92 Å². The van der Waals surface area contributed by atoms with Gasteiger partial charge in [-0.15, -0.1) is 0 Å². The number of hydrogen-bond donors (Lipinski definition) is 3. The van der Waals surface area contributed by atoms with Gasteiger partial charge in [0.1, 0.15) is 0 Å². The summed E-state index contributed by atoms with van der Waals surface area (Å²) in [6.45, 7) is 4.36. The standard InChI is InChI=1S/C12H24N2O2/c1-9(2)11(8-15)14-12(16)7-13-10-5-3-4-6-10/h9-11,13,15H,3-8H2,1-2H3,(H,14,16). The van der Waals surface area contributed by atoms with Crippen LogP contribution in [-0.4, -0.2) is 36.2 Å². The Hall–Kier alpha value is -0.610. The molecule has 1 rings (SSSR count). The van der Waals surface area contributed by atoms with E-state index in [9.17, 15) is 4.79 Å². The van der Waals surface area contributed by atoms with Crippen molar-refractivity contribution in [3.05, 3.63) is 0 Å². The predicted molar refractivity (Wildman–Crippen MR) is 64.1 cm³/mol. The van der Waals surface area contributed by atoms with Gasteiger partial charge in [0.2, 0.25) is 5.91 Å². The third-order valence-corrected chi connectivity index (χ3v) is 3.25. The molecule has 4 nitrogen and oxygen atoms in total. The molecule has 0 aliphatic heterocycles. The molecule has 0 heterocycles. The van der Waals surface area contributed by atoms with E-state index in [2.05, 4.69) is 10.6 Å². The first-order valence-electron chi connectivity index (χ1n) is 6.27. The quantitative estimate of drug-likeness (QED) is 0.625. The highest BCUT2D eigenvalue weighted by Crippen LogP contribution is 2.17. The summed E-state index contributed by atoms with van der Waals surface area (Å²) < 4.78 is 0. The summed E-state index contributed by atoms with van der Waals surface area (Å²) >= 11 is 0. The van der Waals surface area contributed by atoms with Crippen LogP contribution in [0.4, 0.5) is 0 Å². The van der Waals surface area contributed by atoms with Crippen molar-refractivity contribution in [3.63, 3.8) is 0 Å². The smallest absolute Gasteiger partial charge is 0.234 e. The van der Waals surface area contributed by atoms with E-state index in [0.29, 0.717) is 12.6 Å². The van der Waals surface area contributed by atoms with E-state index in [1.165, 1.54) is 25.7 Å². The molecular weight excluding hydrogens is 204 g/mol. The molecule has 1 unspecified atom stereocenters. The molecule has 94 valence electrons. The van der Waals surface area contributed by atoms with Gasteiger partial charge in [-0.2, -0.15) is 0 Å². The molecule has 0 aromatic heterocycles. The average Bonchev–Trinajstić information content (AvgIpc) is 2.75. The van der Waals surface area contributed by atoms with Gasteiger partial charge >= 0.3 is 0 Å². The van der Waals surface area contributed by atoms with E-state index in [-0.39, 0.29) is 24.5 Å². The number of rotatable bonds is 6. The van der Waals surface area contributed by atoms with Crippen LogP contribution < -0.4 is 10.6 Å². The maximum atomic E-state index is 11.6. The van der Waals surface area contributed by atoms with Gasteiger partial charge in [0.15, 0.2) is 0 Å². The van der Waals surface area contributed by atoms with E-state index >= 15 is 0 Å². The fraction of sp³-hybridized carbons (Fsp3) is 0.917. The van der Waals surface area contributed by atoms with Crippen molar-refractivity contribution in [2.24, 2.45) is 5.92 Å². The summed E-state index contributed by atoms with van der Waals surface area (Å²) in [6.07, 6.45) is 4.90. The van der Waals surface area contributed by atoms with Gasteiger partial charge in [0.25, 0.3) is 0 Å². The molecule has 0 spiro atoms. The van der Waals surface area contributed by atoms with E-state index in [1.54, 1.807) is 0 Å². The fourth-order valence-electron chi connectivity index (χ4n) is 2.05. The van der Waals surface area contributed by atoms with Gasteiger partial charge in [-0.05, 0) is 18.8 Å². The summed E-state index contributed by atoms with van der Waals surface area (Å²) in [5.74, 6) is 0.250. The second-order valence-corrected chi connectivity index (χ2v) is 4.96. The van der Waals surface area contributed by atoms with E-state index < -0.39 is 0 Å².